The van der Waals surface area contributed by atoms with E-state index in [9.17, 15) is 8.42 Å². The average molecular weight is 277 g/mol. The van der Waals surface area contributed by atoms with Gasteiger partial charge in [-0.25, -0.2) is 13.1 Å². The van der Waals surface area contributed by atoms with Crippen molar-refractivity contribution in [2.75, 3.05) is 27.2 Å². The first-order valence-electron chi connectivity index (χ1n) is 6.54. The van der Waals surface area contributed by atoms with Crippen molar-refractivity contribution >= 4 is 10.0 Å². The molecule has 0 aromatic carbocycles. The number of rotatable bonds is 8. The van der Waals surface area contributed by atoms with Crippen molar-refractivity contribution in [3.05, 3.63) is 0 Å². The molecular formula is C12H27N3O2S. The Kier molecular flexibility index (Phi) is 5.17. The Morgan fingerprint density at radius 2 is 1.89 bits per heavy atom. The first kappa shape index (κ1) is 15.9. The van der Waals surface area contributed by atoms with Gasteiger partial charge in [-0.05, 0) is 47.7 Å². The second kappa shape index (κ2) is 5.86. The summed E-state index contributed by atoms with van der Waals surface area (Å²) in [5.41, 5.74) is -0.184. The molecule has 108 valence electrons. The van der Waals surface area contributed by atoms with Gasteiger partial charge in [-0.1, -0.05) is 0 Å². The molecule has 1 atom stereocenters. The maximum atomic E-state index is 12.1. The van der Waals surface area contributed by atoms with Crippen LogP contribution < -0.4 is 10.0 Å². The zero-order valence-electron chi connectivity index (χ0n) is 12.2. The maximum absolute atomic E-state index is 12.1. The van der Waals surface area contributed by atoms with Crippen LogP contribution in [0.1, 0.15) is 33.6 Å². The van der Waals surface area contributed by atoms with Gasteiger partial charge < -0.3 is 10.2 Å². The fourth-order valence-corrected chi connectivity index (χ4v) is 2.46. The molecule has 0 aromatic rings. The third-order valence-electron chi connectivity index (χ3n) is 3.72. The van der Waals surface area contributed by atoms with Crippen molar-refractivity contribution in [3.8, 4) is 0 Å². The van der Waals surface area contributed by atoms with E-state index in [4.69, 9.17) is 0 Å². The molecule has 0 heterocycles. The molecule has 5 nitrogen and oxygen atoms in total. The molecule has 0 radical (unpaired) electrons. The molecule has 0 saturated heterocycles. The van der Waals surface area contributed by atoms with Crippen molar-refractivity contribution in [1.82, 2.24) is 14.9 Å². The summed E-state index contributed by atoms with van der Waals surface area (Å²) in [5.74, 6) is 0. The Balaban J connectivity index is 2.42. The highest BCUT2D eigenvalue weighted by Gasteiger charge is 2.28. The van der Waals surface area contributed by atoms with Gasteiger partial charge in [0.2, 0.25) is 10.0 Å². The smallest absolute Gasteiger partial charge is 0.215 e. The maximum Gasteiger partial charge on any atom is 0.215 e. The Morgan fingerprint density at radius 1 is 1.33 bits per heavy atom. The van der Waals surface area contributed by atoms with E-state index in [-0.39, 0.29) is 5.54 Å². The molecule has 2 N–H and O–H groups in total. The molecule has 6 heteroatoms. The lowest BCUT2D eigenvalue weighted by Crippen LogP contribution is -2.50. The molecule has 1 saturated carbocycles. The third kappa shape index (κ3) is 4.84. The third-order valence-corrected chi connectivity index (χ3v) is 5.49. The van der Waals surface area contributed by atoms with Crippen molar-refractivity contribution in [2.24, 2.45) is 0 Å². The quantitative estimate of drug-likeness (QED) is 0.674. The van der Waals surface area contributed by atoms with E-state index in [1.807, 2.05) is 32.8 Å². The lowest BCUT2D eigenvalue weighted by atomic mass is 10.1. The Labute approximate surface area is 111 Å². The molecule has 0 aromatic heterocycles. The number of nitrogens with zero attached hydrogens (tertiary/aromatic N) is 1. The van der Waals surface area contributed by atoms with Gasteiger partial charge in [-0.15, -0.1) is 0 Å². The molecule has 1 aliphatic rings. The van der Waals surface area contributed by atoms with Crippen LogP contribution in [-0.4, -0.2) is 57.3 Å². The van der Waals surface area contributed by atoms with Crippen LogP contribution in [0.2, 0.25) is 0 Å². The van der Waals surface area contributed by atoms with Gasteiger partial charge >= 0.3 is 0 Å². The molecule has 1 rings (SSSR count). The van der Waals surface area contributed by atoms with Crippen LogP contribution in [0.25, 0.3) is 0 Å². The van der Waals surface area contributed by atoms with Gasteiger partial charge in [0.05, 0.1) is 5.25 Å². The molecule has 0 spiro atoms. The van der Waals surface area contributed by atoms with Gasteiger partial charge in [-0.3, -0.25) is 0 Å². The first-order chi connectivity index (χ1) is 8.15. The molecule has 0 amide bonds. The highest BCUT2D eigenvalue weighted by Crippen LogP contribution is 2.18. The van der Waals surface area contributed by atoms with E-state index in [0.717, 1.165) is 0 Å². The molecule has 1 fully saturated rings. The van der Waals surface area contributed by atoms with Gasteiger partial charge in [-0.2, -0.15) is 0 Å². The first-order valence-corrected chi connectivity index (χ1v) is 8.09. The van der Waals surface area contributed by atoms with E-state index in [1.165, 1.54) is 12.8 Å². The van der Waals surface area contributed by atoms with Crippen molar-refractivity contribution < 1.29 is 8.42 Å². The van der Waals surface area contributed by atoms with Crippen molar-refractivity contribution in [2.45, 2.75) is 50.4 Å². The standard InChI is InChI=1S/C12H27N3O2S/c1-10(8-13-11-6-7-11)18(16,17)14-9-12(2,3)15(4)5/h10-11,13-14H,6-9H2,1-5H3. The Hall–Kier alpha value is -0.170. The van der Waals surface area contributed by atoms with Gasteiger partial charge in [0, 0.05) is 24.7 Å². The van der Waals surface area contributed by atoms with Gasteiger partial charge in [0.25, 0.3) is 0 Å². The highest BCUT2D eigenvalue weighted by molar-refractivity contribution is 7.90. The lowest BCUT2D eigenvalue weighted by molar-refractivity contribution is 0.198. The summed E-state index contributed by atoms with van der Waals surface area (Å²) in [4.78, 5) is 2.02. The average Bonchev–Trinajstić information content (AvgIpc) is 3.07. The minimum absolute atomic E-state index is 0.184. The summed E-state index contributed by atoms with van der Waals surface area (Å²) < 4.78 is 26.8. The number of sulfonamides is 1. The summed E-state index contributed by atoms with van der Waals surface area (Å²) in [6.45, 7) is 6.74. The summed E-state index contributed by atoms with van der Waals surface area (Å²) in [7, 11) is 0.667. The van der Waals surface area contributed by atoms with Gasteiger partial charge in [0.15, 0.2) is 0 Å². The van der Waals surface area contributed by atoms with Crippen molar-refractivity contribution in [3.63, 3.8) is 0 Å². The summed E-state index contributed by atoms with van der Waals surface area (Å²) in [5, 5.41) is 2.86. The van der Waals surface area contributed by atoms with E-state index in [2.05, 4.69) is 10.0 Å². The van der Waals surface area contributed by atoms with Crippen molar-refractivity contribution in [1.29, 1.82) is 0 Å². The SMILES string of the molecule is CC(CNC1CC1)S(=O)(=O)NCC(C)(C)N(C)C. The minimum Gasteiger partial charge on any atom is -0.313 e. The molecule has 18 heavy (non-hydrogen) atoms. The van der Waals surface area contributed by atoms with E-state index in [1.54, 1.807) is 6.92 Å². The Bertz CT molecular complexity index is 362. The fraction of sp³-hybridized carbons (Fsp3) is 1.00. The highest BCUT2D eigenvalue weighted by atomic mass is 32.2. The molecule has 1 unspecified atom stereocenters. The molecule has 1 aliphatic carbocycles. The van der Waals surface area contributed by atoms with Crippen LogP contribution in [0.4, 0.5) is 0 Å². The van der Waals surface area contributed by atoms with E-state index < -0.39 is 15.3 Å². The lowest BCUT2D eigenvalue weighted by Gasteiger charge is -2.33. The molecular weight excluding hydrogens is 250 g/mol. The predicted molar refractivity (Wildman–Crippen MR) is 75.2 cm³/mol. The normalized spacial score (nSPS) is 19.2. The predicted octanol–water partition coefficient (Wildman–Crippen LogP) is 0.387. The van der Waals surface area contributed by atoms with E-state index in [0.29, 0.717) is 19.1 Å². The number of nitrogens with one attached hydrogen (secondary N) is 2. The fourth-order valence-electron chi connectivity index (χ4n) is 1.31. The molecule has 0 aliphatic heterocycles. The number of likely N-dealkylation sites (N-methyl/N-ethyl adjacent to an activating group) is 1. The minimum atomic E-state index is -3.23. The van der Waals surface area contributed by atoms with Crippen LogP contribution >= 0.6 is 0 Å². The Morgan fingerprint density at radius 3 is 2.33 bits per heavy atom. The van der Waals surface area contributed by atoms with Crippen LogP contribution in [0.5, 0.6) is 0 Å². The summed E-state index contributed by atoms with van der Waals surface area (Å²) >= 11 is 0. The largest absolute Gasteiger partial charge is 0.313 e. The van der Waals surface area contributed by atoms with Gasteiger partial charge in [0.1, 0.15) is 0 Å². The number of hydrogen-bond donors (Lipinski definition) is 2. The monoisotopic (exact) mass is 277 g/mol. The second-order valence-electron chi connectivity index (χ2n) is 6.07. The zero-order chi connectivity index (χ0) is 14.0. The van der Waals surface area contributed by atoms with Crippen LogP contribution in [-0.2, 0) is 10.0 Å². The summed E-state index contributed by atoms with van der Waals surface area (Å²) in [6.07, 6.45) is 2.35. The zero-order valence-corrected chi connectivity index (χ0v) is 13.0. The van der Waals surface area contributed by atoms with E-state index >= 15 is 0 Å². The van der Waals surface area contributed by atoms with Crippen LogP contribution in [0.3, 0.4) is 0 Å². The molecule has 0 bridgehead atoms. The second-order valence-corrected chi connectivity index (χ2v) is 8.25. The van der Waals surface area contributed by atoms with Crippen LogP contribution in [0.15, 0.2) is 0 Å². The number of hydrogen-bond acceptors (Lipinski definition) is 4. The summed E-state index contributed by atoms with van der Waals surface area (Å²) in [6, 6.07) is 0.542. The topological polar surface area (TPSA) is 61.4 Å². The van der Waals surface area contributed by atoms with Crippen LogP contribution in [0, 0.1) is 0 Å².